The Hall–Kier alpha value is -2.10. The van der Waals surface area contributed by atoms with E-state index in [1.54, 1.807) is 31.5 Å². The number of benzene rings is 1. The molecule has 0 radical (unpaired) electrons. The van der Waals surface area contributed by atoms with Crippen molar-refractivity contribution < 1.29 is 14.3 Å². The summed E-state index contributed by atoms with van der Waals surface area (Å²) in [5, 5.41) is 0.850. The van der Waals surface area contributed by atoms with Crippen LogP contribution < -0.4 is 4.74 Å². The minimum atomic E-state index is -0.501. The van der Waals surface area contributed by atoms with E-state index in [9.17, 15) is 4.79 Å². The average molecular weight is 259 g/mol. The fraction of sp³-hybridized carbons (Fsp3) is 0.333. The maximum absolute atomic E-state index is 12.0. The summed E-state index contributed by atoms with van der Waals surface area (Å²) in [5.41, 5.74) is 0.823. The number of methoxy groups -OCH3 is 1. The van der Waals surface area contributed by atoms with Crippen LogP contribution in [0.1, 0.15) is 31.1 Å². The van der Waals surface area contributed by atoms with E-state index in [1.165, 1.54) is 0 Å². The van der Waals surface area contributed by atoms with Crippen LogP contribution in [0.3, 0.4) is 0 Å². The van der Waals surface area contributed by atoms with Gasteiger partial charge in [0.2, 0.25) is 0 Å². The number of nitrogens with zero attached hydrogens (tertiary/aromatic N) is 1. The second-order valence-electron chi connectivity index (χ2n) is 5.28. The predicted molar refractivity (Wildman–Crippen MR) is 73.5 cm³/mol. The molecule has 0 bridgehead atoms. The number of ether oxygens (including phenoxy) is 2. The van der Waals surface area contributed by atoms with Crippen molar-refractivity contribution in [1.29, 1.82) is 0 Å². The highest BCUT2D eigenvalue weighted by Gasteiger charge is 2.18. The van der Waals surface area contributed by atoms with Gasteiger partial charge < -0.3 is 9.47 Å². The zero-order valence-corrected chi connectivity index (χ0v) is 11.6. The molecule has 0 aliphatic carbocycles. The van der Waals surface area contributed by atoms with E-state index < -0.39 is 5.60 Å². The summed E-state index contributed by atoms with van der Waals surface area (Å²) < 4.78 is 10.5. The molecule has 1 aromatic heterocycles. The first kappa shape index (κ1) is 13.3. The third-order valence-electron chi connectivity index (χ3n) is 2.53. The van der Waals surface area contributed by atoms with Gasteiger partial charge in [0.25, 0.3) is 0 Å². The van der Waals surface area contributed by atoms with Crippen LogP contribution in [0.15, 0.2) is 30.5 Å². The van der Waals surface area contributed by atoms with Crippen LogP contribution in [-0.2, 0) is 4.74 Å². The van der Waals surface area contributed by atoms with Crippen molar-refractivity contribution >= 4 is 16.9 Å². The Kier molecular flexibility index (Phi) is 3.42. The molecule has 2 rings (SSSR count). The molecule has 0 amide bonds. The molecule has 0 aliphatic rings. The standard InChI is InChI=1S/C15H17NO3/c1-15(2,3)19-14(17)10-5-6-13-11(7-10)8-12(18-4)9-16-13/h5-9H,1-4H3. The maximum Gasteiger partial charge on any atom is 0.338 e. The first-order valence-electron chi connectivity index (χ1n) is 6.06. The highest BCUT2D eigenvalue weighted by Crippen LogP contribution is 2.21. The topological polar surface area (TPSA) is 48.4 Å². The van der Waals surface area contributed by atoms with Crippen LogP contribution >= 0.6 is 0 Å². The van der Waals surface area contributed by atoms with Crippen molar-refractivity contribution in [3.63, 3.8) is 0 Å². The number of carbonyl (C=O) groups excluding carboxylic acids is 1. The number of rotatable bonds is 2. The minimum Gasteiger partial charge on any atom is -0.495 e. The van der Waals surface area contributed by atoms with Gasteiger partial charge in [-0.1, -0.05) is 0 Å². The second kappa shape index (κ2) is 4.88. The summed E-state index contributed by atoms with van der Waals surface area (Å²) in [6.07, 6.45) is 1.65. The Balaban J connectivity index is 2.37. The Morgan fingerprint density at radius 1 is 1.21 bits per heavy atom. The zero-order chi connectivity index (χ0) is 14.0. The molecular weight excluding hydrogens is 242 g/mol. The molecule has 0 atom stereocenters. The highest BCUT2D eigenvalue weighted by atomic mass is 16.6. The van der Waals surface area contributed by atoms with Gasteiger partial charge in [0.1, 0.15) is 11.4 Å². The van der Waals surface area contributed by atoms with Gasteiger partial charge in [-0.15, -0.1) is 0 Å². The summed E-state index contributed by atoms with van der Waals surface area (Å²) in [6.45, 7) is 5.53. The molecule has 0 spiro atoms. The summed E-state index contributed by atoms with van der Waals surface area (Å²) in [4.78, 5) is 16.2. The van der Waals surface area contributed by atoms with Gasteiger partial charge in [0, 0.05) is 5.39 Å². The molecule has 1 aromatic carbocycles. The SMILES string of the molecule is COc1cnc2ccc(C(=O)OC(C)(C)C)cc2c1. The van der Waals surface area contributed by atoms with Gasteiger partial charge in [-0.2, -0.15) is 0 Å². The fourth-order valence-electron chi connectivity index (χ4n) is 1.69. The van der Waals surface area contributed by atoms with E-state index in [2.05, 4.69) is 4.98 Å². The number of aromatic nitrogens is 1. The monoisotopic (exact) mass is 259 g/mol. The maximum atomic E-state index is 12.0. The summed E-state index contributed by atoms with van der Waals surface area (Å²) in [6, 6.07) is 7.12. The minimum absolute atomic E-state index is 0.336. The van der Waals surface area contributed by atoms with Crippen LogP contribution in [0.4, 0.5) is 0 Å². The number of pyridine rings is 1. The van der Waals surface area contributed by atoms with E-state index in [-0.39, 0.29) is 5.97 Å². The lowest BCUT2D eigenvalue weighted by Gasteiger charge is -2.19. The number of hydrogen-bond acceptors (Lipinski definition) is 4. The molecule has 0 unspecified atom stereocenters. The molecule has 0 saturated heterocycles. The molecule has 0 N–H and O–H groups in total. The van der Waals surface area contributed by atoms with Crippen molar-refractivity contribution in [2.24, 2.45) is 0 Å². The van der Waals surface area contributed by atoms with E-state index in [4.69, 9.17) is 9.47 Å². The van der Waals surface area contributed by atoms with Crippen molar-refractivity contribution in [2.75, 3.05) is 7.11 Å². The quantitative estimate of drug-likeness (QED) is 0.777. The zero-order valence-electron chi connectivity index (χ0n) is 11.6. The van der Waals surface area contributed by atoms with Crippen molar-refractivity contribution in [3.8, 4) is 5.75 Å². The van der Waals surface area contributed by atoms with Gasteiger partial charge in [0.05, 0.1) is 24.4 Å². The molecule has 4 heteroatoms. The Labute approximate surface area is 112 Å². The van der Waals surface area contributed by atoms with Crippen molar-refractivity contribution in [2.45, 2.75) is 26.4 Å². The third kappa shape index (κ3) is 3.22. The van der Waals surface area contributed by atoms with Gasteiger partial charge in [-0.25, -0.2) is 4.79 Å². The van der Waals surface area contributed by atoms with Crippen LogP contribution in [-0.4, -0.2) is 23.7 Å². The lowest BCUT2D eigenvalue weighted by atomic mass is 10.1. The van der Waals surface area contributed by atoms with Crippen molar-refractivity contribution in [1.82, 2.24) is 4.98 Å². The molecule has 0 aliphatic heterocycles. The van der Waals surface area contributed by atoms with Crippen molar-refractivity contribution in [3.05, 3.63) is 36.0 Å². The smallest absolute Gasteiger partial charge is 0.338 e. The first-order valence-corrected chi connectivity index (χ1v) is 6.06. The molecule has 2 aromatic rings. The second-order valence-corrected chi connectivity index (χ2v) is 5.28. The molecule has 19 heavy (non-hydrogen) atoms. The lowest BCUT2D eigenvalue weighted by molar-refractivity contribution is 0.00697. The molecule has 4 nitrogen and oxygen atoms in total. The number of fused-ring (bicyclic) bond motifs is 1. The van der Waals surface area contributed by atoms with Gasteiger partial charge in [-0.05, 0) is 45.0 Å². The molecule has 0 fully saturated rings. The number of hydrogen-bond donors (Lipinski definition) is 0. The Morgan fingerprint density at radius 2 is 1.95 bits per heavy atom. The van der Waals surface area contributed by atoms with E-state index in [0.29, 0.717) is 11.3 Å². The summed E-state index contributed by atoms with van der Waals surface area (Å²) >= 11 is 0. The van der Waals surface area contributed by atoms with Crippen LogP contribution in [0, 0.1) is 0 Å². The number of carbonyl (C=O) groups is 1. The number of esters is 1. The van der Waals surface area contributed by atoms with Crippen LogP contribution in [0.2, 0.25) is 0 Å². The van der Waals surface area contributed by atoms with E-state index >= 15 is 0 Å². The average Bonchev–Trinajstić information content (AvgIpc) is 2.35. The molecular formula is C15H17NO3. The van der Waals surface area contributed by atoms with E-state index in [0.717, 1.165) is 10.9 Å². The predicted octanol–water partition coefficient (Wildman–Crippen LogP) is 3.20. The van der Waals surface area contributed by atoms with Crippen LogP contribution in [0.5, 0.6) is 5.75 Å². The van der Waals surface area contributed by atoms with E-state index in [1.807, 2.05) is 26.8 Å². The highest BCUT2D eigenvalue weighted by molar-refractivity contribution is 5.94. The Morgan fingerprint density at radius 3 is 2.58 bits per heavy atom. The molecule has 1 heterocycles. The largest absolute Gasteiger partial charge is 0.495 e. The first-order chi connectivity index (χ1) is 8.89. The third-order valence-corrected chi connectivity index (χ3v) is 2.53. The summed E-state index contributed by atoms with van der Waals surface area (Å²) in [5.74, 6) is 0.325. The molecule has 100 valence electrons. The van der Waals surface area contributed by atoms with Crippen LogP contribution in [0.25, 0.3) is 10.9 Å². The summed E-state index contributed by atoms with van der Waals surface area (Å²) in [7, 11) is 1.58. The van der Waals surface area contributed by atoms with Gasteiger partial charge >= 0.3 is 5.97 Å². The Bertz CT molecular complexity index is 614. The normalized spacial score (nSPS) is 11.4. The van der Waals surface area contributed by atoms with Gasteiger partial charge in [0.15, 0.2) is 0 Å². The fourth-order valence-corrected chi connectivity index (χ4v) is 1.69. The lowest BCUT2D eigenvalue weighted by Crippen LogP contribution is -2.23. The van der Waals surface area contributed by atoms with Gasteiger partial charge in [-0.3, -0.25) is 4.98 Å². The molecule has 0 saturated carbocycles.